The zero-order chi connectivity index (χ0) is 20.0. The van der Waals surface area contributed by atoms with E-state index < -0.39 is 10.4 Å². The van der Waals surface area contributed by atoms with Crippen LogP contribution in [0.3, 0.4) is 0 Å². The molecule has 6 heterocycles. The zero-order valence-corrected chi connectivity index (χ0v) is 18.1. The highest BCUT2D eigenvalue weighted by Gasteiger charge is 2.67. The van der Waals surface area contributed by atoms with Crippen LogP contribution in [-0.4, -0.2) is 62.7 Å². The number of aromatic nitrogens is 4. The van der Waals surface area contributed by atoms with Crippen molar-refractivity contribution >= 4 is 46.2 Å². The molecule has 13 heteroatoms. The van der Waals surface area contributed by atoms with Crippen molar-refractivity contribution < 1.29 is 14.1 Å². The number of oxime groups is 1. The number of hydrogen-bond donors (Lipinski definition) is 1. The maximum atomic E-state index is 6.20. The van der Waals surface area contributed by atoms with Crippen molar-refractivity contribution in [3.8, 4) is 0 Å². The summed E-state index contributed by atoms with van der Waals surface area (Å²) >= 11 is 4.63. The first-order chi connectivity index (χ1) is 14.9. The van der Waals surface area contributed by atoms with E-state index >= 15 is 0 Å². The van der Waals surface area contributed by atoms with Crippen molar-refractivity contribution in [2.45, 2.75) is 23.1 Å². The van der Waals surface area contributed by atoms with Gasteiger partial charge in [0.2, 0.25) is 0 Å². The van der Waals surface area contributed by atoms with Crippen LogP contribution in [0.1, 0.15) is 17.1 Å². The molecule has 3 aliphatic rings. The second-order valence-corrected chi connectivity index (χ2v) is 9.68. The highest BCUT2D eigenvalue weighted by Crippen LogP contribution is 2.59. The van der Waals surface area contributed by atoms with Gasteiger partial charge in [-0.1, -0.05) is 14.8 Å². The van der Waals surface area contributed by atoms with Gasteiger partial charge >= 0.3 is 0 Å². The molecule has 3 aromatic rings. The molecule has 2 fully saturated rings. The third kappa shape index (κ3) is 2.52. The topological polar surface area (TPSA) is 111 Å². The number of nitrogens with zero attached hydrogens (tertiary/aromatic N) is 6. The second-order valence-electron chi connectivity index (χ2n) is 7.00. The van der Waals surface area contributed by atoms with Gasteiger partial charge in [0, 0.05) is 41.7 Å². The Balaban J connectivity index is 1.63. The van der Waals surface area contributed by atoms with Crippen LogP contribution in [0.4, 0.5) is 5.82 Å². The quantitative estimate of drug-likeness (QED) is 0.602. The van der Waals surface area contributed by atoms with Gasteiger partial charge in [-0.15, -0.1) is 28.2 Å². The molecule has 3 atom stereocenters. The fourth-order valence-corrected chi connectivity index (χ4v) is 7.68. The number of anilines is 1. The molecule has 10 nitrogen and oxygen atoms in total. The molecule has 0 aromatic carbocycles. The molecule has 156 valence electrons. The molecule has 3 unspecified atom stereocenters. The Morgan fingerprint density at radius 3 is 2.97 bits per heavy atom. The van der Waals surface area contributed by atoms with Crippen LogP contribution in [0.15, 0.2) is 39.0 Å². The molecule has 0 bridgehead atoms. The van der Waals surface area contributed by atoms with Gasteiger partial charge in [-0.05, 0) is 11.5 Å². The first-order valence-corrected chi connectivity index (χ1v) is 12.1. The maximum Gasteiger partial charge on any atom is 0.186 e. The van der Waals surface area contributed by atoms with Crippen molar-refractivity contribution in [3.63, 3.8) is 0 Å². The first kappa shape index (κ1) is 18.7. The highest BCUT2D eigenvalue weighted by molar-refractivity contribution is 8.01. The predicted octanol–water partition coefficient (Wildman–Crippen LogP) is 1.90. The van der Waals surface area contributed by atoms with Gasteiger partial charge in [-0.25, -0.2) is 4.98 Å². The summed E-state index contributed by atoms with van der Waals surface area (Å²) in [6, 6.07) is 1.86. The average molecular weight is 464 g/mol. The molecule has 6 rings (SSSR count). The Morgan fingerprint density at radius 2 is 2.30 bits per heavy atom. The van der Waals surface area contributed by atoms with Crippen LogP contribution in [0.2, 0.25) is 0 Å². The van der Waals surface area contributed by atoms with Crippen LogP contribution in [0, 0.1) is 0 Å². The number of hydrogen-bond acceptors (Lipinski definition) is 13. The third-order valence-electron chi connectivity index (χ3n) is 5.55. The Bertz CT molecular complexity index is 987. The minimum absolute atomic E-state index is 0.296. The summed E-state index contributed by atoms with van der Waals surface area (Å²) in [5, 5.41) is 21.6. The Labute approximate surface area is 183 Å². The standard InChI is InChI=1S/C17H17N7O3S3/c1-5-26-21-11(1)16(14-18-3-7-25-14)10-29-17(12-9-30-23-20-12,15-19-4-8-28-15)24(16)13-2-6-27-22-13/h2,4,6,8-9,14,18H,1,3,5,7,10H2. The van der Waals surface area contributed by atoms with Gasteiger partial charge in [0.05, 0.1) is 12.3 Å². The normalized spacial score (nSPS) is 31.3. The SMILES string of the molecule is c1csc(C2(c3csnn3)SCC(C3=NOCC3)(C3NCCO3)N2c2ccon2)n1. The van der Waals surface area contributed by atoms with Crippen LogP contribution < -0.4 is 10.2 Å². The molecule has 0 radical (unpaired) electrons. The number of nitrogens with one attached hydrogen (secondary N) is 1. The van der Waals surface area contributed by atoms with Crippen LogP contribution in [-0.2, 0) is 14.4 Å². The molecule has 1 N–H and O–H groups in total. The molecule has 3 aliphatic heterocycles. The first-order valence-electron chi connectivity index (χ1n) is 9.42. The molecule has 30 heavy (non-hydrogen) atoms. The van der Waals surface area contributed by atoms with Gasteiger partial charge in [0.1, 0.15) is 35.3 Å². The van der Waals surface area contributed by atoms with Gasteiger partial charge in [-0.2, -0.15) is 0 Å². The van der Waals surface area contributed by atoms with E-state index in [1.54, 1.807) is 29.4 Å². The monoisotopic (exact) mass is 463 g/mol. The molecular weight excluding hydrogens is 446 g/mol. The largest absolute Gasteiger partial charge is 0.395 e. The van der Waals surface area contributed by atoms with E-state index in [-0.39, 0.29) is 6.23 Å². The summed E-state index contributed by atoms with van der Waals surface area (Å²) in [6.07, 6.45) is 3.80. The number of thiazole rings is 1. The summed E-state index contributed by atoms with van der Waals surface area (Å²) in [6.45, 7) is 1.93. The summed E-state index contributed by atoms with van der Waals surface area (Å²) in [4.78, 5) is 11.6. The van der Waals surface area contributed by atoms with Crippen molar-refractivity contribution in [3.05, 3.63) is 40.0 Å². The molecule has 0 spiro atoms. The van der Waals surface area contributed by atoms with Gasteiger partial charge in [0.25, 0.3) is 0 Å². The number of rotatable bonds is 5. The smallest absolute Gasteiger partial charge is 0.186 e. The minimum Gasteiger partial charge on any atom is -0.395 e. The van der Waals surface area contributed by atoms with E-state index in [4.69, 9.17) is 19.1 Å². The lowest BCUT2D eigenvalue weighted by Crippen LogP contribution is -2.67. The maximum absolute atomic E-state index is 6.20. The zero-order valence-electron chi connectivity index (χ0n) is 15.6. The van der Waals surface area contributed by atoms with Crippen molar-refractivity contribution in [2.24, 2.45) is 5.16 Å². The highest BCUT2D eigenvalue weighted by atomic mass is 32.2. The van der Waals surface area contributed by atoms with Crippen LogP contribution >= 0.6 is 34.6 Å². The van der Waals surface area contributed by atoms with Gasteiger partial charge < -0.3 is 19.0 Å². The molecule has 2 saturated heterocycles. The lowest BCUT2D eigenvalue weighted by atomic mass is 9.87. The molecule has 3 aromatic heterocycles. The minimum atomic E-state index is -0.753. The fourth-order valence-electron chi connectivity index (χ4n) is 4.37. The van der Waals surface area contributed by atoms with Crippen LogP contribution in [0.25, 0.3) is 0 Å². The molecule has 0 aliphatic carbocycles. The van der Waals surface area contributed by atoms with Gasteiger partial charge in [-0.3, -0.25) is 5.32 Å². The average Bonchev–Trinajstić information content (AvgIpc) is 3.63. The van der Waals surface area contributed by atoms with E-state index in [1.807, 2.05) is 23.0 Å². The summed E-state index contributed by atoms with van der Waals surface area (Å²) in [7, 11) is 0. The molecular formula is C17H17N7O3S3. The van der Waals surface area contributed by atoms with E-state index in [1.165, 1.54) is 11.5 Å². The number of thioether (sulfide) groups is 1. The van der Waals surface area contributed by atoms with Crippen molar-refractivity contribution in [1.82, 2.24) is 25.0 Å². The van der Waals surface area contributed by atoms with E-state index in [0.717, 1.165) is 23.0 Å². The lowest BCUT2D eigenvalue weighted by Gasteiger charge is -2.46. The summed E-state index contributed by atoms with van der Waals surface area (Å²) in [5.41, 5.74) is 1.05. The van der Waals surface area contributed by atoms with E-state index in [9.17, 15) is 0 Å². The van der Waals surface area contributed by atoms with Crippen molar-refractivity contribution in [1.29, 1.82) is 0 Å². The Kier molecular flexibility index (Phi) is 4.53. The lowest BCUT2D eigenvalue weighted by molar-refractivity contribution is 0.0633. The molecule has 0 amide bonds. The van der Waals surface area contributed by atoms with E-state index in [0.29, 0.717) is 31.2 Å². The van der Waals surface area contributed by atoms with Crippen molar-refractivity contribution in [2.75, 3.05) is 30.4 Å². The Morgan fingerprint density at radius 1 is 1.30 bits per heavy atom. The number of ether oxygens (including phenoxy) is 1. The Hall–Kier alpha value is -2.06. The predicted molar refractivity (Wildman–Crippen MR) is 113 cm³/mol. The van der Waals surface area contributed by atoms with Crippen LogP contribution in [0.5, 0.6) is 0 Å². The van der Waals surface area contributed by atoms with Gasteiger partial charge in [0.15, 0.2) is 10.7 Å². The van der Waals surface area contributed by atoms with E-state index in [2.05, 4.69) is 30.1 Å². The summed E-state index contributed by atoms with van der Waals surface area (Å²) < 4.78 is 15.7. The fraction of sp³-hybridized carbons (Fsp3) is 0.471. The second kappa shape index (κ2) is 7.27. The molecule has 0 saturated carbocycles. The summed E-state index contributed by atoms with van der Waals surface area (Å²) in [5.74, 6) is 1.34. The third-order valence-corrected chi connectivity index (χ3v) is 8.66.